The number of nitrogens with one attached hydrogen (secondary N) is 1. The molecule has 0 saturated carbocycles. The minimum Gasteiger partial charge on any atom is -0.348 e. The van der Waals surface area contributed by atoms with Gasteiger partial charge in [0.15, 0.2) is 0 Å². The Morgan fingerprint density at radius 2 is 1.72 bits per heavy atom. The number of aryl methyl sites for hydroxylation is 2. The lowest BCUT2D eigenvalue weighted by Crippen LogP contribution is -2.41. The number of benzene rings is 2. The molecule has 0 heterocycles. The number of carbonyl (C=O) groups is 1. The maximum atomic E-state index is 12.6. The summed E-state index contributed by atoms with van der Waals surface area (Å²) in [4.78, 5) is 12.6. The molecule has 0 aliphatic heterocycles. The van der Waals surface area contributed by atoms with E-state index in [2.05, 4.69) is 17.4 Å². The van der Waals surface area contributed by atoms with E-state index >= 15 is 0 Å². The van der Waals surface area contributed by atoms with Crippen molar-refractivity contribution in [3.8, 4) is 0 Å². The van der Waals surface area contributed by atoms with Crippen molar-refractivity contribution in [1.82, 2.24) is 5.32 Å². The van der Waals surface area contributed by atoms with Gasteiger partial charge in [0.05, 0.1) is 33.1 Å². The van der Waals surface area contributed by atoms with E-state index in [1.54, 1.807) is 0 Å². The Bertz CT molecular complexity index is 1060. The molecule has 3 rings (SSSR count). The number of hydrogen-bond acceptors (Lipinski definition) is 3. The molecular weight excluding hydrogens is 455 g/mol. The fourth-order valence-corrected chi connectivity index (χ4v) is 5.00. The highest BCUT2D eigenvalue weighted by molar-refractivity contribution is 7.92. The van der Waals surface area contributed by atoms with E-state index in [4.69, 9.17) is 34.8 Å². The number of rotatable bonds is 6. The molecule has 1 atom stereocenters. The molecule has 0 bridgehead atoms. The van der Waals surface area contributed by atoms with Gasteiger partial charge in [-0.1, -0.05) is 53.0 Å². The normalized spacial score (nSPS) is 14.4. The van der Waals surface area contributed by atoms with Gasteiger partial charge in [0.2, 0.25) is 15.9 Å². The van der Waals surface area contributed by atoms with Crippen LogP contribution in [0.4, 0.5) is 5.69 Å². The molecule has 29 heavy (non-hydrogen) atoms. The number of fused-ring (bicyclic) bond motifs is 1. The van der Waals surface area contributed by atoms with Gasteiger partial charge >= 0.3 is 0 Å². The third kappa shape index (κ3) is 5.18. The largest absolute Gasteiger partial charge is 0.348 e. The zero-order chi connectivity index (χ0) is 21.3. The summed E-state index contributed by atoms with van der Waals surface area (Å²) in [6.45, 7) is 1.44. The van der Waals surface area contributed by atoms with Crippen molar-refractivity contribution in [3.05, 3.63) is 62.1 Å². The van der Waals surface area contributed by atoms with Crippen LogP contribution in [-0.4, -0.2) is 27.1 Å². The summed E-state index contributed by atoms with van der Waals surface area (Å²) in [7, 11) is -3.79. The SMILES string of the molecule is CC(NC(=O)CN(c1cc(Cl)c(Cl)cc1Cl)S(C)(=O)=O)c1ccc2c(c1)CCC2. The van der Waals surface area contributed by atoms with E-state index in [-0.39, 0.29) is 26.8 Å². The van der Waals surface area contributed by atoms with Crippen molar-refractivity contribution in [1.29, 1.82) is 0 Å². The highest BCUT2D eigenvalue weighted by Crippen LogP contribution is 2.35. The molecule has 156 valence electrons. The summed E-state index contributed by atoms with van der Waals surface area (Å²) < 4.78 is 25.5. The van der Waals surface area contributed by atoms with Crippen LogP contribution in [-0.2, 0) is 27.7 Å². The molecule has 1 amide bonds. The Balaban J connectivity index is 1.78. The van der Waals surface area contributed by atoms with Crippen LogP contribution in [0.15, 0.2) is 30.3 Å². The van der Waals surface area contributed by atoms with Crippen LogP contribution in [0.1, 0.15) is 36.1 Å². The maximum absolute atomic E-state index is 12.6. The zero-order valence-electron chi connectivity index (χ0n) is 16.0. The van der Waals surface area contributed by atoms with Crippen LogP contribution < -0.4 is 9.62 Å². The van der Waals surface area contributed by atoms with Gasteiger partial charge in [0.25, 0.3) is 0 Å². The second-order valence-electron chi connectivity index (χ2n) is 7.16. The Labute approximate surface area is 186 Å². The first-order valence-corrected chi connectivity index (χ1v) is 12.1. The fourth-order valence-electron chi connectivity index (χ4n) is 3.45. The van der Waals surface area contributed by atoms with Gasteiger partial charge in [-0.25, -0.2) is 8.42 Å². The number of amides is 1. The summed E-state index contributed by atoms with van der Waals surface area (Å²) in [6, 6.07) is 8.63. The number of halogens is 3. The Morgan fingerprint density at radius 1 is 1.07 bits per heavy atom. The van der Waals surface area contributed by atoms with Crippen LogP contribution in [0.5, 0.6) is 0 Å². The van der Waals surface area contributed by atoms with Gasteiger partial charge in [-0.15, -0.1) is 0 Å². The van der Waals surface area contributed by atoms with Crippen molar-refractivity contribution in [2.24, 2.45) is 0 Å². The lowest BCUT2D eigenvalue weighted by Gasteiger charge is -2.24. The van der Waals surface area contributed by atoms with Gasteiger partial charge in [-0.2, -0.15) is 0 Å². The molecule has 0 radical (unpaired) electrons. The highest BCUT2D eigenvalue weighted by Gasteiger charge is 2.25. The molecule has 9 heteroatoms. The summed E-state index contributed by atoms with van der Waals surface area (Å²) in [6.07, 6.45) is 4.28. The standard InChI is InChI=1S/C20H21Cl3N2O3S/c1-12(14-7-6-13-4-3-5-15(13)8-14)24-20(26)11-25(29(2,27)28)19-10-17(22)16(21)9-18(19)23/h6-10,12H,3-5,11H2,1-2H3,(H,24,26). The van der Waals surface area contributed by atoms with Gasteiger partial charge < -0.3 is 5.32 Å². The number of anilines is 1. The predicted molar refractivity (Wildman–Crippen MR) is 119 cm³/mol. The zero-order valence-corrected chi connectivity index (χ0v) is 19.1. The molecule has 1 aliphatic carbocycles. The van der Waals surface area contributed by atoms with Gasteiger partial charge in [0.1, 0.15) is 6.54 Å². The monoisotopic (exact) mass is 474 g/mol. The number of nitrogens with zero attached hydrogens (tertiary/aromatic N) is 1. The van der Waals surface area contributed by atoms with Gasteiger partial charge in [-0.05, 0) is 55.0 Å². The molecular formula is C20H21Cl3N2O3S. The predicted octanol–water partition coefficient (Wildman–Crippen LogP) is 4.78. The van der Waals surface area contributed by atoms with E-state index in [1.165, 1.54) is 23.3 Å². The molecule has 1 unspecified atom stereocenters. The van der Waals surface area contributed by atoms with Crippen LogP contribution in [0.25, 0.3) is 0 Å². The number of carbonyl (C=O) groups excluding carboxylic acids is 1. The van der Waals surface area contributed by atoms with Crippen LogP contribution in [0.3, 0.4) is 0 Å². The van der Waals surface area contributed by atoms with Crippen molar-refractivity contribution < 1.29 is 13.2 Å². The molecule has 2 aromatic rings. The van der Waals surface area contributed by atoms with Crippen LogP contribution in [0.2, 0.25) is 15.1 Å². The Hall–Kier alpha value is -1.47. The third-order valence-corrected chi connectivity index (χ3v) is 7.10. The first-order valence-electron chi connectivity index (χ1n) is 9.09. The van der Waals surface area contributed by atoms with Crippen molar-refractivity contribution >= 4 is 56.4 Å². The van der Waals surface area contributed by atoms with Crippen molar-refractivity contribution in [2.45, 2.75) is 32.2 Å². The fraction of sp³-hybridized carbons (Fsp3) is 0.350. The molecule has 0 fully saturated rings. The smallest absolute Gasteiger partial charge is 0.241 e. The lowest BCUT2D eigenvalue weighted by molar-refractivity contribution is -0.120. The summed E-state index contributed by atoms with van der Waals surface area (Å²) in [5.41, 5.74) is 3.75. The number of hydrogen-bond donors (Lipinski definition) is 1. The Kier molecular flexibility index (Phi) is 6.68. The quantitative estimate of drug-likeness (QED) is 0.612. The second-order valence-corrected chi connectivity index (χ2v) is 10.3. The van der Waals surface area contributed by atoms with Crippen molar-refractivity contribution in [3.63, 3.8) is 0 Å². The van der Waals surface area contributed by atoms with Gasteiger partial charge in [-0.3, -0.25) is 9.10 Å². The lowest BCUT2D eigenvalue weighted by atomic mass is 10.0. The maximum Gasteiger partial charge on any atom is 0.241 e. The van der Waals surface area contributed by atoms with E-state index < -0.39 is 22.5 Å². The van der Waals surface area contributed by atoms with Gasteiger partial charge in [0, 0.05) is 0 Å². The minimum absolute atomic E-state index is 0.0873. The second kappa shape index (κ2) is 8.72. The molecule has 1 aliphatic rings. The van der Waals surface area contributed by atoms with Crippen molar-refractivity contribution in [2.75, 3.05) is 17.1 Å². The molecule has 1 N–H and O–H groups in total. The molecule has 5 nitrogen and oxygen atoms in total. The molecule has 0 aromatic heterocycles. The topological polar surface area (TPSA) is 66.5 Å². The summed E-state index contributed by atoms with van der Waals surface area (Å²) in [5, 5.41) is 3.29. The van der Waals surface area contributed by atoms with E-state index in [0.29, 0.717) is 0 Å². The first-order chi connectivity index (χ1) is 13.6. The van der Waals surface area contributed by atoms with Crippen LogP contribution in [0, 0.1) is 0 Å². The molecule has 2 aromatic carbocycles. The average Bonchev–Trinajstić information content (AvgIpc) is 3.09. The highest BCUT2D eigenvalue weighted by atomic mass is 35.5. The third-order valence-electron chi connectivity index (χ3n) is 4.95. The number of sulfonamides is 1. The Morgan fingerprint density at radius 3 is 2.41 bits per heavy atom. The summed E-state index contributed by atoms with van der Waals surface area (Å²) >= 11 is 18.1. The van der Waals surface area contributed by atoms with Crippen LogP contribution >= 0.6 is 34.8 Å². The molecule has 0 saturated heterocycles. The summed E-state index contributed by atoms with van der Waals surface area (Å²) in [5.74, 6) is -0.453. The first kappa shape index (κ1) is 22.2. The molecule has 0 spiro atoms. The van der Waals surface area contributed by atoms with E-state index in [0.717, 1.165) is 35.4 Å². The van der Waals surface area contributed by atoms with E-state index in [1.807, 2.05) is 13.0 Å². The van der Waals surface area contributed by atoms with E-state index in [9.17, 15) is 13.2 Å². The average molecular weight is 476 g/mol. The minimum atomic E-state index is -3.79.